The van der Waals surface area contributed by atoms with Crippen LogP contribution < -0.4 is 10.7 Å². The Balaban J connectivity index is 0.00000529. The lowest BCUT2D eigenvalue weighted by Gasteiger charge is -2.13. The van der Waals surface area contributed by atoms with Gasteiger partial charge in [-0.3, -0.25) is 4.99 Å². The van der Waals surface area contributed by atoms with E-state index in [-0.39, 0.29) is 12.4 Å². The lowest BCUT2D eigenvalue weighted by atomic mass is 10.0. The molecule has 0 saturated carbocycles. The van der Waals surface area contributed by atoms with E-state index >= 15 is 0 Å². The first kappa shape index (κ1) is 35.9. The highest BCUT2D eigenvalue weighted by Crippen LogP contribution is 2.34. The number of hydrogen-bond donors (Lipinski definition) is 1. The summed E-state index contributed by atoms with van der Waals surface area (Å²) in [4.78, 5) is 9.85. The number of unbranched alkanes of at least 4 members (excludes halogenated alkanes) is 17. The maximum absolute atomic E-state index is 6.40. The zero-order valence-corrected chi connectivity index (χ0v) is 28.5. The number of nitrogens with one attached hydrogen (secondary N) is 1. The minimum atomic E-state index is 0. The van der Waals surface area contributed by atoms with Gasteiger partial charge in [0.2, 0.25) is 0 Å². The lowest BCUT2D eigenvalue weighted by Crippen LogP contribution is -2.05. The minimum Gasteiger partial charge on any atom is -0.453 e. The number of anilines is 1. The first-order chi connectivity index (χ1) is 21.3. The maximum Gasteiger partial charge on any atom is 0.155 e. The van der Waals surface area contributed by atoms with Crippen molar-refractivity contribution in [3.8, 4) is 11.5 Å². The van der Waals surface area contributed by atoms with Crippen LogP contribution in [0.25, 0.3) is 33.3 Å². The fourth-order valence-electron chi connectivity index (χ4n) is 6.17. The van der Waals surface area contributed by atoms with Gasteiger partial charge in [0.05, 0.1) is 5.36 Å². The largest absolute Gasteiger partial charge is 0.453 e. The van der Waals surface area contributed by atoms with Gasteiger partial charge in [-0.15, -0.1) is 12.4 Å². The van der Waals surface area contributed by atoms with Gasteiger partial charge in [0.15, 0.2) is 11.3 Å². The van der Waals surface area contributed by atoms with Crippen LogP contribution in [0.4, 0.5) is 5.69 Å². The normalized spacial score (nSPS) is 11.9. The van der Waals surface area contributed by atoms with Crippen LogP contribution in [0.3, 0.4) is 0 Å². The van der Waals surface area contributed by atoms with Crippen LogP contribution in [0.15, 0.2) is 57.9 Å². The SMILES string of the molecule is CCCCCCCCCCCCCCCCCCCCN=c1ccc2nc3c(cc(NCCC)c4ccccc43)oc-2c1.Cl. The van der Waals surface area contributed by atoms with E-state index in [1.54, 1.807) is 0 Å². The Morgan fingerprint density at radius 3 is 1.80 bits per heavy atom. The van der Waals surface area contributed by atoms with Gasteiger partial charge in [0.1, 0.15) is 11.2 Å². The zero-order valence-electron chi connectivity index (χ0n) is 27.7. The monoisotopic (exact) mass is 619 g/mol. The molecule has 242 valence electrons. The third-order valence-electron chi connectivity index (χ3n) is 8.75. The first-order valence-corrected chi connectivity index (χ1v) is 17.8. The molecule has 0 aromatic heterocycles. The molecule has 1 aliphatic carbocycles. The van der Waals surface area contributed by atoms with Crippen molar-refractivity contribution in [3.05, 3.63) is 53.9 Å². The van der Waals surface area contributed by atoms with E-state index in [2.05, 4.69) is 55.6 Å². The minimum absolute atomic E-state index is 0. The van der Waals surface area contributed by atoms with Crippen LogP contribution in [0, 0.1) is 0 Å². The van der Waals surface area contributed by atoms with Crippen LogP contribution in [-0.2, 0) is 0 Å². The van der Waals surface area contributed by atoms with Crippen LogP contribution in [0.1, 0.15) is 136 Å². The highest BCUT2D eigenvalue weighted by Gasteiger charge is 2.13. The predicted molar refractivity (Wildman–Crippen MR) is 193 cm³/mol. The number of nitrogens with zero attached hydrogens (tertiary/aromatic N) is 2. The van der Waals surface area contributed by atoms with Gasteiger partial charge in [0, 0.05) is 41.7 Å². The summed E-state index contributed by atoms with van der Waals surface area (Å²) in [6.07, 6.45) is 26.3. The fourth-order valence-corrected chi connectivity index (χ4v) is 6.17. The van der Waals surface area contributed by atoms with E-state index < -0.39 is 0 Å². The summed E-state index contributed by atoms with van der Waals surface area (Å²) in [6, 6.07) is 16.7. The van der Waals surface area contributed by atoms with Gasteiger partial charge in [0.25, 0.3) is 0 Å². The van der Waals surface area contributed by atoms with Crippen LogP contribution in [0.2, 0.25) is 0 Å². The standard InChI is InChI=1S/C39H57N3O.ClH/c1-3-5-6-7-8-9-10-11-12-13-14-15-16-17-18-19-20-23-29-40-32-26-27-35-37(30-32)43-38-31-36(41-28-4-2)33-24-21-22-25-34(33)39(38)42-35;/h21-22,24-27,30-31,41H,3-20,23,28-29H2,1-2H3;1H. The Kier molecular flexibility index (Phi) is 17.3. The summed E-state index contributed by atoms with van der Waals surface area (Å²) in [5, 5.41) is 6.84. The average molecular weight is 620 g/mol. The van der Waals surface area contributed by atoms with E-state index in [0.29, 0.717) is 0 Å². The molecule has 0 fully saturated rings. The Morgan fingerprint density at radius 1 is 0.636 bits per heavy atom. The van der Waals surface area contributed by atoms with Crippen LogP contribution >= 0.6 is 12.4 Å². The maximum atomic E-state index is 6.40. The lowest BCUT2D eigenvalue weighted by molar-refractivity contribution is 0.525. The van der Waals surface area contributed by atoms with Gasteiger partial charge in [-0.2, -0.15) is 0 Å². The average Bonchev–Trinajstić information content (AvgIpc) is 3.03. The van der Waals surface area contributed by atoms with Gasteiger partial charge in [-0.1, -0.05) is 147 Å². The van der Waals surface area contributed by atoms with Crippen molar-refractivity contribution in [3.63, 3.8) is 0 Å². The van der Waals surface area contributed by atoms with Gasteiger partial charge in [-0.25, -0.2) is 4.98 Å². The van der Waals surface area contributed by atoms with Crippen molar-refractivity contribution in [2.24, 2.45) is 4.99 Å². The summed E-state index contributed by atoms with van der Waals surface area (Å²) in [7, 11) is 0. The molecule has 0 unspecified atom stereocenters. The molecule has 1 N–H and O–H groups in total. The van der Waals surface area contributed by atoms with Gasteiger partial charge in [-0.05, 0) is 25.0 Å². The number of rotatable bonds is 22. The summed E-state index contributed by atoms with van der Waals surface area (Å²) in [5.74, 6) is 0.795. The highest BCUT2D eigenvalue weighted by atomic mass is 35.5. The number of fused-ring (bicyclic) bond motifs is 4. The third kappa shape index (κ3) is 11.7. The molecule has 2 aromatic carbocycles. The van der Waals surface area contributed by atoms with E-state index in [1.165, 1.54) is 115 Å². The smallest absolute Gasteiger partial charge is 0.155 e. The van der Waals surface area contributed by atoms with E-state index in [1.807, 2.05) is 12.1 Å². The Bertz CT molecular complexity index is 1380. The second kappa shape index (κ2) is 21.2. The molecule has 44 heavy (non-hydrogen) atoms. The molecule has 0 bridgehead atoms. The van der Waals surface area contributed by atoms with E-state index in [9.17, 15) is 0 Å². The Hall–Kier alpha value is -2.59. The number of aromatic nitrogens is 1. The molecule has 1 heterocycles. The molecule has 1 aliphatic heterocycles. The van der Waals surface area contributed by atoms with Crippen molar-refractivity contribution in [2.75, 3.05) is 18.4 Å². The van der Waals surface area contributed by atoms with Gasteiger partial charge < -0.3 is 9.73 Å². The molecule has 5 heteroatoms. The quantitative estimate of drug-likeness (QED) is 0.0540. The topological polar surface area (TPSA) is 50.4 Å². The van der Waals surface area contributed by atoms with Crippen molar-refractivity contribution < 1.29 is 4.42 Å². The predicted octanol–water partition coefficient (Wildman–Crippen LogP) is 12.3. The Labute approximate surface area is 273 Å². The number of benzene rings is 3. The van der Waals surface area contributed by atoms with Crippen molar-refractivity contribution in [2.45, 2.75) is 136 Å². The molecular formula is C39H58ClN3O. The second-order valence-corrected chi connectivity index (χ2v) is 12.5. The van der Waals surface area contributed by atoms with Gasteiger partial charge >= 0.3 is 0 Å². The number of halogens is 1. The summed E-state index contributed by atoms with van der Waals surface area (Å²) in [6.45, 7) is 6.28. The molecule has 4 nitrogen and oxygen atoms in total. The summed E-state index contributed by atoms with van der Waals surface area (Å²) < 4.78 is 6.40. The van der Waals surface area contributed by atoms with Crippen LogP contribution in [0.5, 0.6) is 0 Å². The van der Waals surface area contributed by atoms with E-state index in [4.69, 9.17) is 14.4 Å². The molecule has 4 rings (SSSR count). The van der Waals surface area contributed by atoms with Crippen LogP contribution in [-0.4, -0.2) is 18.1 Å². The zero-order chi connectivity index (χ0) is 30.0. The van der Waals surface area contributed by atoms with Crippen molar-refractivity contribution in [1.29, 1.82) is 0 Å². The second-order valence-electron chi connectivity index (χ2n) is 12.5. The molecule has 0 amide bonds. The molecular weight excluding hydrogens is 562 g/mol. The van der Waals surface area contributed by atoms with Crippen molar-refractivity contribution in [1.82, 2.24) is 4.98 Å². The molecule has 0 spiro atoms. The molecule has 2 aromatic rings. The summed E-state index contributed by atoms with van der Waals surface area (Å²) >= 11 is 0. The Morgan fingerprint density at radius 2 is 1.20 bits per heavy atom. The highest BCUT2D eigenvalue weighted by molar-refractivity contribution is 6.10. The third-order valence-corrected chi connectivity index (χ3v) is 8.75. The molecule has 0 radical (unpaired) electrons. The first-order valence-electron chi connectivity index (χ1n) is 17.8. The number of hydrogen-bond acceptors (Lipinski definition) is 4. The molecule has 0 saturated heterocycles. The molecule has 0 atom stereocenters. The molecule has 2 aliphatic rings. The van der Waals surface area contributed by atoms with E-state index in [0.717, 1.165) is 64.9 Å². The summed E-state index contributed by atoms with van der Waals surface area (Å²) in [5.41, 5.74) is 3.70. The fraction of sp³-hybridized carbons (Fsp3) is 0.590. The van der Waals surface area contributed by atoms with Crippen molar-refractivity contribution >= 4 is 40.0 Å².